The topological polar surface area (TPSA) is 54.5 Å². The van der Waals surface area contributed by atoms with E-state index < -0.39 is 10.0 Å². The van der Waals surface area contributed by atoms with E-state index in [9.17, 15) is 13.2 Å². The number of carbonyl (C=O) groups is 1. The number of aryl methyl sites for hydroxylation is 1. The zero-order valence-corrected chi connectivity index (χ0v) is 9.57. The highest BCUT2D eigenvalue weighted by molar-refractivity contribution is 7.89. The molecular formula is C11H11NO3S. The molecule has 1 heterocycles. The molecule has 0 fully saturated rings. The number of sulfonamides is 1. The van der Waals surface area contributed by atoms with Crippen LogP contribution in [0.3, 0.4) is 0 Å². The predicted octanol–water partition coefficient (Wildman–Crippen LogP) is 1.08. The Bertz CT molecular complexity index is 543. The number of benzene rings is 1. The molecule has 0 aromatic heterocycles. The molecule has 0 N–H and O–H groups in total. The maximum absolute atomic E-state index is 12.0. The van der Waals surface area contributed by atoms with Gasteiger partial charge in [-0.1, -0.05) is 17.7 Å². The molecule has 0 aliphatic carbocycles. The summed E-state index contributed by atoms with van der Waals surface area (Å²) in [5.74, 6) is -0.198. The highest BCUT2D eigenvalue weighted by Crippen LogP contribution is 2.18. The fourth-order valence-corrected chi connectivity index (χ4v) is 2.71. The number of rotatable bonds is 2. The Morgan fingerprint density at radius 2 is 1.81 bits per heavy atom. The monoisotopic (exact) mass is 237 g/mol. The van der Waals surface area contributed by atoms with Gasteiger partial charge in [-0.2, -0.15) is 0 Å². The Balaban J connectivity index is 2.36. The number of carbonyl (C=O) groups excluding carboxylic acids is 1. The van der Waals surface area contributed by atoms with Crippen molar-refractivity contribution in [2.24, 2.45) is 0 Å². The molecule has 1 aliphatic rings. The van der Waals surface area contributed by atoms with Crippen LogP contribution in [-0.2, 0) is 14.8 Å². The molecule has 5 heteroatoms. The normalized spacial score (nSPS) is 15.8. The minimum Gasteiger partial charge on any atom is -0.293 e. The lowest BCUT2D eigenvalue weighted by Gasteiger charge is -2.15. The Morgan fingerprint density at radius 3 is 2.31 bits per heavy atom. The first-order chi connectivity index (χ1) is 7.50. The molecule has 0 radical (unpaired) electrons. The van der Waals surface area contributed by atoms with Crippen LogP contribution < -0.4 is 0 Å². The number of ketones is 1. The van der Waals surface area contributed by atoms with Crippen molar-refractivity contribution in [1.29, 1.82) is 0 Å². The lowest BCUT2D eigenvalue weighted by atomic mass is 10.2. The van der Waals surface area contributed by atoms with Crippen molar-refractivity contribution in [3.8, 4) is 0 Å². The average molecular weight is 237 g/mol. The van der Waals surface area contributed by atoms with Crippen LogP contribution >= 0.6 is 0 Å². The third kappa shape index (κ3) is 1.86. The Kier molecular flexibility index (Phi) is 2.55. The summed E-state index contributed by atoms with van der Waals surface area (Å²) in [6, 6.07) is 6.55. The van der Waals surface area contributed by atoms with E-state index in [2.05, 4.69) is 0 Å². The van der Waals surface area contributed by atoms with E-state index >= 15 is 0 Å². The molecule has 84 valence electrons. The van der Waals surface area contributed by atoms with E-state index in [1.165, 1.54) is 12.3 Å². The molecule has 0 amide bonds. The first kappa shape index (κ1) is 10.9. The van der Waals surface area contributed by atoms with Crippen molar-refractivity contribution in [3.05, 3.63) is 42.1 Å². The van der Waals surface area contributed by atoms with Crippen LogP contribution in [0.5, 0.6) is 0 Å². The van der Waals surface area contributed by atoms with Crippen LogP contribution in [-0.4, -0.2) is 25.1 Å². The lowest BCUT2D eigenvalue weighted by Crippen LogP contribution is -2.26. The van der Waals surface area contributed by atoms with Crippen molar-refractivity contribution in [3.63, 3.8) is 0 Å². The number of hydrogen-bond acceptors (Lipinski definition) is 3. The van der Waals surface area contributed by atoms with Gasteiger partial charge >= 0.3 is 0 Å². The molecule has 4 nitrogen and oxygen atoms in total. The van der Waals surface area contributed by atoms with Crippen LogP contribution in [0.2, 0.25) is 0 Å². The molecule has 1 aromatic rings. The quantitative estimate of drug-likeness (QED) is 0.773. The number of hydrogen-bond donors (Lipinski definition) is 0. The highest BCUT2D eigenvalue weighted by Gasteiger charge is 2.26. The van der Waals surface area contributed by atoms with Gasteiger partial charge < -0.3 is 0 Å². The first-order valence-electron chi connectivity index (χ1n) is 4.80. The van der Waals surface area contributed by atoms with Gasteiger partial charge in [0, 0.05) is 12.3 Å². The van der Waals surface area contributed by atoms with E-state index in [1.807, 2.05) is 6.92 Å². The molecule has 1 aromatic carbocycles. The predicted molar refractivity (Wildman–Crippen MR) is 59.2 cm³/mol. The van der Waals surface area contributed by atoms with Crippen molar-refractivity contribution in [2.45, 2.75) is 11.8 Å². The van der Waals surface area contributed by atoms with Crippen LogP contribution in [0.25, 0.3) is 0 Å². The second-order valence-corrected chi connectivity index (χ2v) is 5.54. The summed E-state index contributed by atoms with van der Waals surface area (Å²) in [4.78, 5) is 11.2. The molecule has 0 unspecified atom stereocenters. The average Bonchev–Trinajstić information content (AvgIpc) is 2.66. The summed E-state index contributed by atoms with van der Waals surface area (Å²) in [6.45, 7) is 1.78. The van der Waals surface area contributed by atoms with Gasteiger partial charge in [0.2, 0.25) is 0 Å². The van der Waals surface area contributed by atoms with Crippen LogP contribution in [0.1, 0.15) is 5.56 Å². The Hall–Kier alpha value is -1.62. The standard InChI is InChI=1S/C11H11NO3S/c1-9-2-4-11(5-3-9)16(14,15)12-7-6-10(13)8-12/h2-7H,8H2,1H3. The first-order valence-corrected chi connectivity index (χ1v) is 6.24. The molecule has 2 rings (SSSR count). The van der Waals surface area contributed by atoms with Crippen LogP contribution in [0.15, 0.2) is 41.4 Å². The van der Waals surface area contributed by atoms with Crippen molar-refractivity contribution in [1.82, 2.24) is 4.31 Å². The van der Waals surface area contributed by atoms with Gasteiger partial charge in [-0.3, -0.25) is 9.10 Å². The summed E-state index contributed by atoms with van der Waals surface area (Å²) in [6.07, 6.45) is 2.57. The minimum absolute atomic E-state index is 0.101. The van der Waals surface area contributed by atoms with Gasteiger partial charge in [-0.05, 0) is 19.1 Å². The summed E-state index contributed by atoms with van der Waals surface area (Å²) >= 11 is 0. The minimum atomic E-state index is -3.56. The molecule has 0 atom stereocenters. The Labute approximate surface area is 94.2 Å². The molecule has 0 spiro atoms. The summed E-state index contributed by atoms with van der Waals surface area (Å²) in [5.41, 5.74) is 0.993. The van der Waals surface area contributed by atoms with Crippen molar-refractivity contribution < 1.29 is 13.2 Å². The molecule has 1 aliphatic heterocycles. The van der Waals surface area contributed by atoms with E-state index in [4.69, 9.17) is 0 Å². The van der Waals surface area contributed by atoms with Gasteiger partial charge in [0.25, 0.3) is 10.0 Å². The van der Waals surface area contributed by atoms with E-state index in [1.54, 1.807) is 24.3 Å². The largest absolute Gasteiger partial charge is 0.293 e. The summed E-state index contributed by atoms with van der Waals surface area (Å²) in [7, 11) is -3.56. The van der Waals surface area contributed by atoms with Crippen molar-refractivity contribution >= 4 is 15.8 Å². The van der Waals surface area contributed by atoms with Gasteiger partial charge in [0.15, 0.2) is 5.78 Å². The van der Waals surface area contributed by atoms with E-state index in [-0.39, 0.29) is 17.2 Å². The number of nitrogens with zero attached hydrogens (tertiary/aromatic N) is 1. The van der Waals surface area contributed by atoms with Gasteiger partial charge in [0.05, 0.1) is 11.4 Å². The summed E-state index contributed by atoms with van der Waals surface area (Å²) < 4.78 is 25.1. The van der Waals surface area contributed by atoms with E-state index in [0.29, 0.717) is 0 Å². The lowest BCUT2D eigenvalue weighted by molar-refractivity contribution is -0.113. The second kappa shape index (κ2) is 3.75. The molecular weight excluding hydrogens is 226 g/mol. The van der Waals surface area contributed by atoms with Crippen LogP contribution in [0, 0.1) is 6.92 Å². The third-order valence-corrected chi connectivity index (χ3v) is 4.10. The zero-order chi connectivity index (χ0) is 11.8. The SMILES string of the molecule is Cc1ccc(S(=O)(=O)N2C=CC(=O)C2)cc1. The summed E-state index contributed by atoms with van der Waals surface area (Å²) in [5, 5.41) is 0. The van der Waals surface area contributed by atoms with Gasteiger partial charge in [0.1, 0.15) is 0 Å². The fourth-order valence-electron chi connectivity index (χ4n) is 1.44. The molecule has 0 saturated heterocycles. The Morgan fingerprint density at radius 1 is 1.19 bits per heavy atom. The maximum atomic E-state index is 12.0. The third-order valence-electron chi connectivity index (χ3n) is 2.37. The maximum Gasteiger partial charge on any atom is 0.264 e. The van der Waals surface area contributed by atoms with E-state index in [0.717, 1.165) is 9.87 Å². The highest BCUT2D eigenvalue weighted by atomic mass is 32.2. The van der Waals surface area contributed by atoms with Gasteiger partial charge in [-0.25, -0.2) is 8.42 Å². The molecule has 0 bridgehead atoms. The van der Waals surface area contributed by atoms with Crippen molar-refractivity contribution in [2.75, 3.05) is 6.54 Å². The smallest absolute Gasteiger partial charge is 0.264 e. The van der Waals surface area contributed by atoms with Crippen LogP contribution in [0.4, 0.5) is 0 Å². The zero-order valence-electron chi connectivity index (χ0n) is 8.75. The van der Waals surface area contributed by atoms with Gasteiger partial charge in [-0.15, -0.1) is 0 Å². The fraction of sp³-hybridized carbons (Fsp3) is 0.182. The molecule has 0 saturated carbocycles. The molecule has 16 heavy (non-hydrogen) atoms. The second-order valence-electron chi connectivity index (χ2n) is 3.65.